The predicted molar refractivity (Wildman–Crippen MR) is 147 cm³/mol. The van der Waals surface area contributed by atoms with Crippen molar-refractivity contribution in [2.75, 3.05) is 6.54 Å². The molecule has 1 aromatic carbocycles. The summed E-state index contributed by atoms with van der Waals surface area (Å²) in [6.07, 6.45) is 11.3. The molecule has 0 aliphatic heterocycles. The summed E-state index contributed by atoms with van der Waals surface area (Å²) in [5, 5.41) is 2.66. The van der Waals surface area contributed by atoms with Gasteiger partial charge in [0.1, 0.15) is 0 Å². The van der Waals surface area contributed by atoms with Gasteiger partial charge in [-0.05, 0) is 61.4 Å². The van der Waals surface area contributed by atoms with E-state index < -0.39 is 0 Å². The molecule has 0 spiro atoms. The lowest BCUT2D eigenvalue weighted by Crippen LogP contribution is -2.33. The summed E-state index contributed by atoms with van der Waals surface area (Å²) in [6.45, 7) is 12.2. The Balaban J connectivity index is 1.60. The summed E-state index contributed by atoms with van der Waals surface area (Å²) < 4.78 is 2.53. The lowest BCUT2D eigenvalue weighted by atomic mass is 9.90. The maximum atomic E-state index is 5.03. The first-order chi connectivity index (χ1) is 17.0. The first-order valence-corrected chi connectivity index (χ1v) is 13.5. The second-order valence-electron chi connectivity index (χ2n) is 11.5. The fourth-order valence-corrected chi connectivity index (χ4v) is 5.87. The molecule has 1 aliphatic carbocycles. The standard InChI is InChI=1S/C31H40N4/c1-5-6-9-20-34(28-16-10-12-23-13-11-18-33-29(23)28)21-26-30-25(17-19-32-26)24-14-7-8-15-27(24)35(30)22-31(2,3)4/h7-8,11,13-15,17-19,28H,5-6,9-10,12,16,20-22H2,1-4H3. The second kappa shape index (κ2) is 10.1. The number of aromatic nitrogens is 3. The maximum Gasteiger partial charge on any atom is 0.0786 e. The normalized spacial score (nSPS) is 16.3. The fourth-order valence-electron chi connectivity index (χ4n) is 5.87. The first-order valence-electron chi connectivity index (χ1n) is 13.5. The van der Waals surface area contributed by atoms with E-state index in [-0.39, 0.29) is 5.41 Å². The Morgan fingerprint density at radius 3 is 2.66 bits per heavy atom. The van der Waals surface area contributed by atoms with Gasteiger partial charge in [-0.15, -0.1) is 0 Å². The van der Waals surface area contributed by atoms with Crippen LogP contribution in [0.25, 0.3) is 21.8 Å². The van der Waals surface area contributed by atoms with Crippen LogP contribution in [0.3, 0.4) is 0 Å². The zero-order chi connectivity index (χ0) is 24.4. The summed E-state index contributed by atoms with van der Waals surface area (Å²) in [5.41, 5.74) is 6.71. The third kappa shape index (κ3) is 4.99. The van der Waals surface area contributed by atoms with Gasteiger partial charge in [0.15, 0.2) is 0 Å². The fraction of sp³-hybridized carbons (Fsp3) is 0.484. The van der Waals surface area contributed by atoms with Crippen molar-refractivity contribution in [1.82, 2.24) is 19.4 Å². The van der Waals surface area contributed by atoms with Crippen LogP contribution < -0.4 is 0 Å². The Labute approximate surface area is 210 Å². The molecule has 0 radical (unpaired) electrons. The number of hydrogen-bond acceptors (Lipinski definition) is 3. The van der Waals surface area contributed by atoms with Crippen molar-refractivity contribution in [1.29, 1.82) is 0 Å². The van der Waals surface area contributed by atoms with Crippen molar-refractivity contribution in [3.05, 3.63) is 71.8 Å². The predicted octanol–water partition coefficient (Wildman–Crippen LogP) is 7.70. The number of benzene rings is 1. The van der Waals surface area contributed by atoms with Crippen LogP contribution in [0.5, 0.6) is 0 Å². The quantitative estimate of drug-likeness (QED) is 0.248. The first kappa shape index (κ1) is 24.0. The van der Waals surface area contributed by atoms with Gasteiger partial charge in [0.05, 0.1) is 22.9 Å². The van der Waals surface area contributed by atoms with E-state index in [9.17, 15) is 0 Å². The van der Waals surface area contributed by atoms with Gasteiger partial charge in [-0.25, -0.2) is 0 Å². The van der Waals surface area contributed by atoms with Crippen LogP contribution in [-0.2, 0) is 19.5 Å². The Hall–Kier alpha value is -2.72. The van der Waals surface area contributed by atoms with Crippen molar-refractivity contribution < 1.29 is 0 Å². The number of rotatable bonds is 8. The average Bonchev–Trinajstić information content (AvgIpc) is 3.16. The number of unbranched alkanes of at least 4 members (excludes halogenated alkanes) is 2. The summed E-state index contributed by atoms with van der Waals surface area (Å²) in [4.78, 5) is 12.6. The third-order valence-electron chi connectivity index (χ3n) is 7.40. The molecule has 3 aromatic heterocycles. The molecule has 4 heteroatoms. The zero-order valence-electron chi connectivity index (χ0n) is 21.9. The van der Waals surface area contributed by atoms with Crippen molar-refractivity contribution in [2.24, 2.45) is 5.41 Å². The smallest absolute Gasteiger partial charge is 0.0786 e. The molecule has 1 atom stereocenters. The van der Waals surface area contributed by atoms with E-state index in [1.54, 1.807) is 0 Å². The van der Waals surface area contributed by atoms with E-state index in [0.29, 0.717) is 6.04 Å². The van der Waals surface area contributed by atoms with E-state index in [0.717, 1.165) is 26.1 Å². The number of fused-ring (bicyclic) bond motifs is 4. The van der Waals surface area contributed by atoms with Crippen LogP contribution in [0, 0.1) is 5.41 Å². The maximum absolute atomic E-state index is 5.03. The Bertz CT molecular complexity index is 1300. The highest BCUT2D eigenvalue weighted by Gasteiger charge is 2.28. The topological polar surface area (TPSA) is 34.0 Å². The molecule has 3 heterocycles. The van der Waals surface area contributed by atoms with Crippen molar-refractivity contribution in [2.45, 2.75) is 85.4 Å². The summed E-state index contributed by atoms with van der Waals surface area (Å²) in [5.74, 6) is 0. The minimum Gasteiger partial charge on any atom is -0.338 e. The Kier molecular flexibility index (Phi) is 6.93. The lowest BCUT2D eigenvalue weighted by molar-refractivity contribution is 0.161. The van der Waals surface area contributed by atoms with Gasteiger partial charge in [-0.2, -0.15) is 0 Å². The molecule has 0 N–H and O–H groups in total. The molecule has 1 aliphatic rings. The molecular weight excluding hydrogens is 428 g/mol. The van der Waals surface area contributed by atoms with Gasteiger partial charge in [0.2, 0.25) is 0 Å². The van der Waals surface area contributed by atoms with Crippen molar-refractivity contribution >= 4 is 21.8 Å². The molecule has 184 valence electrons. The summed E-state index contributed by atoms with van der Waals surface area (Å²) >= 11 is 0. The van der Waals surface area contributed by atoms with E-state index in [1.165, 1.54) is 70.9 Å². The minimum absolute atomic E-state index is 0.175. The molecule has 5 rings (SSSR count). The Morgan fingerprint density at radius 2 is 1.83 bits per heavy atom. The highest BCUT2D eigenvalue weighted by Crippen LogP contribution is 2.37. The van der Waals surface area contributed by atoms with Gasteiger partial charge >= 0.3 is 0 Å². The highest BCUT2D eigenvalue weighted by atomic mass is 15.2. The SMILES string of the molecule is CCCCCN(Cc1nccc2c3ccccc3n(CC(C)(C)C)c12)C1CCCc2cccnc21. The number of aryl methyl sites for hydroxylation is 1. The third-order valence-corrected chi connectivity index (χ3v) is 7.40. The molecule has 0 fully saturated rings. The summed E-state index contributed by atoms with van der Waals surface area (Å²) in [6, 6.07) is 15.8. The van der Waals surface area contributed by atoms with Gasteiger partial charge in [0.25, 0.3) is 0 Å². The molecule has 35 heavy (non-hydrogen) atoms. The molecule has 0 amide bonds. The molecule has 0 bridgehead atoms. The second-order valence-corrected chi connectivity index (χ2v) is 11.5. The average molecular weight is 469 g/mol. The number of hydrogen-bond donors (Lipinski definition) is 0. The highest BCUT2D eigenvalue weighted by molar-refractivity contribution is 6.08. The van der Waals surface area contributed by atoms with Crippen molar-refractivity contribution in [3.8, 4) is 0 Å². The molecular formula is C31H40N4. The van der Waals surface area contributed by atoms with Crippen LogP contribution in [-0.4, -0.2) is 26.0 Å². The summed E-state index contributed by atoms with van der Waals surface area (Å²) in [7, 11) is 0. The van der Waals surface area contributed by atoms with Gasteiger partial charge in [-0.3, -0.25) is 14.9 Å². The zero-order valence-corrected chi connectivity index (χ0v) is 21.9. The van der Waals surface area contributed by atoms with Crippen molar-refractivity contribution in [3.63, 3.8) is 0 Å². The van der Waals surface area contributed by atoms with Crippen LogP contribution in [0.1, 0.15) is 82.8 Å². The van der Waals surface area contributed by atoms with Gasteiger partial charge in [0, 0.05) is 41.8 Å². The van der Waals surface area contributed by atoms with E-state index in [4.69, 9.17) is 9.97 Å². The van der Waals surface area contributed by atoms with E-state index in [2.05, 4.69) is 79.6 Å². The molecule has 4 aromatic rings. The van der Waals surface area contributed by atoms with E-state index in [1.807, 2.05) is 12.4 Å². The van der Waals surface area contributed by atoms with Crippen LogP contribution in [0.4, 0.5) is 0 Å². The molecule has 0 saturated heterocycles. The van der Waals surface area contributed by atoms with Gasteiger partial charge in [-0.1, -0.05) is 64.8 Å². The van der Waals surface area contributed by atoms with Crippen LogP contribution in [0.15, 0.2) is 54.9 Å². The number of para-hydroxylation sites is 1. The molecule has 4 nitrogen and oxygen atoms in total. The van der Waals surface area contributed by atoms with E-state index >= 15 is 0 Å². The Morgan fingerprint density at radius 1 is 0.971 bits per heavy atom. The number of pyridine rings is 2. The largest absolute Gasteiger partial charge is 0.338 e. The van der Waals surface area contributed by atoms with Crippen LogP contribution >= 0.6 is 0 Å². The minimum atomic E-state index is 0.175. The van der Waals surface area contributed by atoms with Crippen LogP contribution in [0.2, 0.25) is 0 Å². The lowest BCUT2D eigenvalue weighted by Gasteiger charge is -2.35. The monoisotopic (exact) mass is 468 g/mol. The molecule has 0 saturated carbocycles. The molecule has 1 unspecified atom stereocenters. The number of nitrogens with zero attached hydrogens (tertiary/aromatic N) is 4. The van der Waals surface area contributed by atoms with Gasteiger partial charge < -0.3 is 4.57 Å².